The van der Waals surface area contributed by atoms with Gasteiger partial charge in [-0.25, -0.2) is 0 Å². The molecule has 1 atom stereocenters. The van der Waals surface area contributed by atoms with E-state index in [2.05, 4.69) is 33.8 Å². The van der Waals surface area contributed by atoms with E-state index in [9.17, 15) is 10.2 Å². The predicted molar refractivity (Wildman–Crippen MR) is 94.7 cm³/mol. The van der Waals surface area contributed by atoms with Gasteiger partial charge in [-0.05, 0) is 41.7 Å². The van der Waals surface area contributed by atoms with Gasteiger partial charge in [0.1, 0.15) is 0 Å². The van der Waals surface area contributed by atoms with Gasteiger partial charge in [0, 0.05) is 22.5 Å². The molecule has 2 heterocycles. The second-order valence-corrected chi connectivity index (χ2v) is 8.14. The third-order valence-corrected chi connectivity index (χ3v) is 5.16. The van der Waals surface area contributed by atoms with Gasteiger partial charge in [-0.2, -0.15) is 0 Å². The highest BCUT2D eigenvalue weighted by atomic mass is 16.5. The lowest BCUT2D eigenvalue weighted by atomic mass is 9.72. The molecule has 0 spiro atoms. The topological polar surface area (TPSA) is 62.6 Å². The third kappa shape index (κ3) is 3.15. The summed E-state index contributed by atoms with van der Waals surface area (Å²) in [4.78, 5) is 4.91. The van der Waals surface area contributed by atoms with Gasteiger partial charge in [0.2, 0.25) is 0 Å². The van der Waals surface area contributed by atoms with Gasteiger partial charge in [-0.15, -0.1) is 0 Å². The number of aromatic nitrogens is 1. The van der Waals surface area contributed by atoms with Gasteiger partial charge in [-0.1, -0.05) is 33.8 Å². The number of hydrogen-bond acceptors (Lipinski definition) is 4. The van der Waals surface area contributed by atoms with Crippen LogP contribution in [-0.4, -0.2) is 28.4 Å². The lowest BCUT2D eigenvalue weighted by Crippen LogP contribution is -2.29. The summed E-state index contributed by atoms with van der Waals surface area (Å²) in [5, 5.41) is 21.0. The van der Waals surface area contributed by atoms with Gasteiger partial charge in [0.05, 0.1) is 25.9 Å². The molecule has 4 nitrogen and oxygen atoms in total. The summed E-state index contributed by atoms with van der Waals surface area (Å²) >= 11 is 0. The molecule has 1 aliphatic heterocycles. The van der Waals surface area contributed by atoms with Crippen LogP contribution < -0.4 is 0 Å². The zero-order valence-electron chi connectivity index (χ0n) is 15.2. The molecule has 0 bridgehead atoms. The second-order valence-electron chi connectivity index (χ2n) is 8.14. The van der Waals surface area contributed by atoms with E-state index in [0.717, 1.165) is 47.3 Å². The predicted octanol–water partition coefficient (Wildman–Crippen LogP) is 3.51. The van der Waals surface area contributed by atoms with Crippen LogP contribution >= 0.6 is 0 Å². The van der Waals surface area contributed by atoms with Crippen molar-refractivity contribution in [2.75, 3.05) is 13.2 Å². The van der Waals surface area contributed by atoms with Crippen molar-refractivity contribution in [2.45, 2.75) is 65.6 Å². The first-order valence-corrected chi connectivity index (χ1v) is 8.95. The molecule has 1 aromatic heterocycles. The van der Waals surface area contributed by atoms with Crippen molar-refractivity contribution in [3.8, 4) is 0 Å². The van der Waals surface area contributed by atoms with E-state index in [1.807, 2.05) is 0 Å². The average molecular weight is 331 g/mol. The Morgan fingerprint density at radius 2 is 2.12 bits per heavy atom. The van der Waals surface area contributed by atoms with Crippen LogP contribution in [0.2, 0.25) is 0 Å². The van der Waals surface area contributed by atoms with Crippen LogP contribution in [0.5, 0.6) is 0 Å². The van der Waals surface area contributed by atoms with E-state index < -0.39 is 6.10 Å². The molecule has 0 aromatic carbocycles. The summed E-state index contributed by atoms with van der Waals surface area (Å²) in [5.41, 5.74) is 6.05. The molecule has 1 unspecified atom stereocenters. The Hall–Kier alpha value is -1.23. The van der Waals surface area contributed by atoms with Crippen LogP contribution in [0.3, 0.4) is 0 Å². The van der Waals surface area contributed by atoms with Crippen molar-refractivity contribution in [1.82, 2.24) is 4.98 Å². The molecule has 0 amide bonds. The van der Waals surface area contributed by atoms with Crippen molar-refractivity contribution in [3.63, 3.8) is 0 Å². The molecule has 1 aliphatic carbocycles. The van der Waals surface area contributed by atoms with Crippen molar-refractivity contribution in [1.29, 1.82) is 0 Å². The minimum atomic E-state index is -0.526. The number of hydrogen-bond donors (Lipinski definition) is 2. The molecule has 0 saturated heterocycles. The quantitative estimate of drug-likeness (QED) is 0.890. The highest BCUT2D eigenvalue weighted by molar-refractivity contribution is 5.73. The Balaban J connectivity index is 2.28. The third-order valence-electron chi connectivity index (χ3n) is 5.16. The smallest absolute Gasteiger partial charge is 0.0819 e. The molecular weight excluding hydrogens is 302 g/mol. The minimum absolute atomic E-state index is 0.0374. The molecule has 0 saturated carbocycles. The molecule has 0 fully saturated rings. The Bertz CT molecular complexity index is 661. The largest absolute Gasteiger partial charge is 0.392 e. The van der Waals surface area contributed by atoms with E-state index in [1.54, 1.807) is 0 Å². The number of ether oxygens (including phenoxy) is 1. The summed E-state index contributed by atoms with van der Waals surface area (Å²) in [6.45, 7) is 9.83. The average Bonchev–Trinajstić information content (AvgIpc) is 2.52. The van der Waals surface area contributed by atoms with E-state index in [-0.39, 0.29) is 17.9 Å². The molecule has 0 radical (unpaired) electrons. The standard InChI is InChI=1S/C20H29NO3/c1-12(2)19-14(11-22)17(13-5-7-24-8-6-13)18-15(21-19)9-20(3,4)10-16(18)23/h5,12,16,22-23H,6-11H2,1-4H3. The van der Waals surface area contributed by atoms with Gasteiger partial charge in [-0.3, -0.25) is 4.98 Å². The summed E-state index contributed by atoms with van der Waals surface area (Å²) in [7, 11) is 0. The van der Waals surface area contributed by atoms with Crippen molar-refractivity contribution in [3.05, 3.63) is 34.2 Å². The molecule has 1 aromatic rings. The SMILES string of the molecule is CC(C)c1nc2c(c(C3=CCOCC3)c1CO)C(O)CC(C)(C)C2. The van der Waals surface area contributed by atoms with E-state index >= 15 is 0 Å². The minimum Gasteiger partial charge on any atom is -0.392 e. The molecule has 3 rings (SSSR count). The Labute approximate surface area is 144 Å². The molecule has 132 valence electrons. The van der Waals surface area contributed by atoms with Crippen LogP contribution in [0.4, 0.5) is 0 Å². The molecular formula is C20H29NO3. The maximum absolute atomic E-state index is 10.9. The lowest BCUT2D eigenvalue weighted by molar-refractivity contribution is 0.0972. The van der Waals surface area contributed by atoms with Gasteiger partial charge in [0.25, 0.3) is 0 Å². The molecule has 24 heavy (non-hydrogen) atoms. The Morgan fingerprint density at radius 3 is 2.71 bits per heavy atom. The summed E-state index contributed by atoms with van der Waals surface area (Å²) < 4.78 is 5.46. The van der Waals surface area contributed by atoms with Gasteiger partial charge >= 0.3 is 0 Å². The van der Waals surface area contributed by atoms with Crippen LogP contribution in [0.15, 0.2) is 6.08 Å². The number of aliphatic hydroxyl groups is 2. The first-order valence-electron chi connectivity index (χ1n) is 8.95. The maximum atomic E-state index is 10.9. The first kappa shape index (κ1) is 17.6. The van der Waals surface area contributed by atoms with Crippen LogP contribution in [0.25, 0.3) is 5.57 Å². The molecule has 4 heteroatoms. The zero-order valence-corrected chi connectivity index (χ0v) is 15.2. The number of fused-ring (bicyclic) bond motifs is 1. The summed E-state index contributed by atoms with van der Waals surface area (Å²) in [6, 6.07) is 0. The van der Waals surface area contributed by atoms with Crippen molar-refractivity contribution < 1.29 is 14.9 Å². The normalized spacial score (nSPS) is 23.1. The number of pyridine rings is 1. The Morgan fingerprint density at radius 1 is 1.38 bits per heavy atom. The van der Waals surface area contributed by atoms with Gasteiger partial charge < -0.3 is 14.9 Å². The highest BCUT2D eigenvalue weighted by Crippen LogP contribution is 2.45. The highest BCUT2D eigenvalue weighted by Gasteiger charge is 2.36. The monoisotopic (exact) mass is 331 g/mol. The van der Waals surface area contributed by atoms with E-state index in [1.165, 1.54) is 5.57 Å². The first-order chi connectivity index (χ1) is 11.3. The number of nitrogens with zero attached hydrogens (tertiary/aromatic N) is 1. The number of aliphatic hydroxyl groups excluding tert-OH is 2. The second kappa shape index (κ2) is 6.58. The van der Waals surface area contributed by atoms with Crippen LogP contribution in [0.1, 0.15) is 80.6 Å². The van der Waals surface area contributed by atoms with E-state index in [0.29, 0.717) is 13.2 Å². The van der Waals surface area contributed by atoms with Crippen molar-refractivity contribution >= 4 is 5.57 Å². The lowest BCUT2D eigenvalue weighted by Gasteiger charge is -2.37. The fourth-order valence-corrected chi connectivity index (χ4v) is 4.11. The van der Waals surface area contributed by atoms with Gasteiger partial charge in [0.15, 0.2) is 0 Å². The van der Waals surface area contributed by atoms with Crippen LogP contribution in [0, 0.1) is 5.41 Å². The maximum Gasteiger partial charge on any atom is 0.0819 e. The fourth-order valence-electron chi connectivity index (χ4n) is 4.11. The zero-order chi connectivity index (χ0) is 17.5. The molecule has 2 aliphatic rings. The van der Waals surface area contributed by atoms with E-state index in [4.69, 9.17) is 9.72 Å². The van der Waals surface area contributed by atoms with Crippen LogP contribution in [-0.2, 0) is 17.8 Å². The number of rotatable bonds is 3. The summed E-state index contributed by atoms with van der Waals surface area (Å²) in [5.74, 6) is 0.235. The Kier molecular flexibility index (Phi) is 4.82. The molecule has 2 N–H and O–H groups in total. The summed E-state index contributed by atoms with van der Waals surface area (Å²) in [6.07, 6.45) is 3.97. The fraction of sp³-hybridized carbons (Fsp3) is 0.650. The van der Waals surface area contributed by atoms with Crippen molar-refractivity contribution in [2.24, 2.45) is 5.41 Å².